The number of rotatable bonds is 12. The van der Waals surface area contributed by atoms with Crippen molar-refractivity contribution in [2.75, 3.05) is 13.2 Å². The summed E-state index contributed by atoms with van der Waals surface area (Å²) >= 11 is 0. The van der Waals surface area contributed by atoms with E-state index in [1.807, 2.05) is 0 Å². The zero-order valence-electron chi connectivity index (χ0n) is 26.5. The van der Waals surface area contributed by atoms with Gasteiger partial charge >= 0.3 is 47.9 Å². The zero-order valence-corrected chi connectivity index (χ0v) is 26.5. The zero-order chi connectivity index (χ0) is 35.6. The van der Waals surface area contributed by atoms with Gasteiger partial charge in [0, 0.05) is 48.5 Å². The summed E-state index contributed by atoms with van der Waals surface area (Å²) in [7, 11) is 0. The van der Waals surface area contributed by atoms with E-state index in [-0.39, 0.29) is 0 Å². The number of hydrogen-bond acceptors (Lipinski definition) is 19. The van der Waals surface area contributed by atoms with Gasteiger partial charge in [-0.3, -0.25) is 33.6 Å². The first kappa shape index (κ1) is 38.6. The Balaban J connectivity index is 2.72. The summed E-state index contributed by atoms with van der Waals surface area (Å²) in [5.74, 6) is -6.26. The van der Waals surface area contributed by atoms with Gasteiger partial charge < -0.3 is 57.8 Å². The van der Waals surface area contributed by atoms with Gasteiger partial charge in [0.15, 0.2) is 42.9 Å². The van der Waals surface area contributed by atoms with Crippen molar-refractivity contribution in [2.24, 2.45) is 5.73 Å². The number of ether oxygens (including phenoxy) is 11. The van der Waals surface area contributed by atoms with Crippen molar-refractivity contribution in [2.45, 2.75) is 110 Å². The molecule has 0 saturated carbocycles. The molecule has 2 rings (SSSR count). The summed E-state index contributed by atoms with van der Waals surface area (Å²) in [6.07, 6.45) is -18.3. The molecule has 2 N–H and O–H groups in total. The molecule has 1 amide bonds. The van der Waals surface area contributed by atoms with E-state index in [1.165, 1.54) is 0 Å². The van der Waals surface area contributed by atoms with Gasteiger partial charge in [0.1, 0.15) is 25.4 Å². The molecule has 10 unspecified atom stereocenters. The number of hydrogen-bond donors (Lipinski definition) is 1. The molecule has 0 radical (unpaired) electrons. The van der Waals surface area contributed by atoms with Gasteiger partial charge in [-0.05, 0) is 0 Å². The van der Waals surface area contributed by atoms with E-state index >= 15 is 0 Å². The Morgan fingerprint density at radius 1 is 0.447 bits per heavy atom. The first-order valence-corrected chi connectivity index (χ1v) is 13.9. The second-order valence-electron chi connectivity index (χ2n) is 10.1. The minimum Gasteiger partial charge on any atom is -0.463 e. The first-order valence-electron chi connectivity index (χ1n) is 13.9. The van der Waals surface area contributed by atoms with Crippen LogP contribution in [0.2, 0.25) is 0 Å². The lowest BCUT2D eigenvalue weighted by Gasteiger charge is -2.48. The Hall–Kier alpha value is -4.56. The minimum absolute atomic E-state index is 0.575. The summed E-state index contributed by atoms with van der Waals surface area (Å²) in [5.41, 5.74) is 5.26. The summed E-state index contributed by atoms with van der Waals surface area (Å²) in [6.45, 7) is 5.90. The van der Waals surface area contributed by atoms with E-state index in [4.69, 9.17) is 57.8 Å². The molecule has 20 heteroatoms. The summed E-state index contributed by atoms with van der Waals surface area (Å²) in [5, 5.41) is 0. The predicted octanol–water partition coefficient (Wildman–Crippen LogP) is -1.30. The van der Waals surface area contributed by atoms with Gasteiger partial charge in [-0.15, -0.1) is 0 Å². The quantitative estimate of drug-likeness (QED) is 0.185. The Morgan fingerprint density at radius 3 is 1.19 bits per heavy atom. The van der Waals surface area contributed by atoms with Crippen molar-refractivity contribution in [3.8, 4) is 0 Å². The number of carbonyl (C=O) groups is 8. The number of esters is 7. The number of carbonyl (C=O) groups excluding carboxylic acids is 8. The molecule has 0 aliphatic carbocycles. The lowest BCUT2D eigenvalue weighted by Crippen LogP contribution is -2.67. The summed E-state index contributed by atoms with van der Waals surface area (Å²) in [6, 6.07) is 0. The highest BCUT2D eigenvalue weighted by Crippen LogP contribution is 2.35. The van der Waals surface area contributed by atoms with Crippen LogP contribution in [0.5, 0.6) is 0 Å². The molecule has 0 spiro atoms. The fraction of sp³-hybridized carbons (Fsp3) is 0.704. The molecular weight excluding hydrogens is 642 g/mol. The van der Waals surface area contributed by atoms with Gasteiger partial charge in [0.25, 0.3) is 0 Å². The predicted molar refractivity (Wildman–Crippen MR) is 144 cm³/mol. The highest BCUT2D eigenvalue weighted by Gasteiger charge is 2.58. The molecule has 2 saturated heterocycles. The average Bonchev–Trinajstić information content (AvgIpc) is 2.91. The lowest BCUT2D eigenvalue weighted by atomic mass is 9.96. The molecule has 2 aliphatic heterocycles. The van der Waals surface area contributed by atoms with Gasteiger partial charge in [-0.1, -0.05) is 0 Å². The topological polar surface area (TPSA) is 264 Å². The fourth-order valence-electron chi connectivity index (χ4n) is 4.67. The van der Waals surface area contributed by atoms with Crippen molar-refractivity contribution < 1.29 is 90.5 Å². The van der Waals surface area contributed by atoms with E-state index < -0.39 is 123 Å². The van der Waals surface area contributed by atoms with Crippen LogP contribution in [0.25, 0.3) is 0 Å². The molecule has 0 aromatic rings. The average molecular weight is 680 g/mol. The minimum atomic E-state index is -1.91. The molecule has 47 heavy (non-hydrogen) atoms. The molecule has 10 atom stereocenters. The second kappa shape index (κ2) is 17.4. The van der Waals surface area contributed by atoms with Crippen molar-refractivity contribution in [1.29, 1.82) is 0 Å². The second-order valence-corrected chi connectivity index (χ2v) is 10.1. The van der Waals surface area contributed by atoms with Gasteiger partial charge in [0.2, 0.25) is 6.29 Å². The Labute approximate surface area is 267 Å². The normalized spacial score (nSPS) is 30.0. The van der Waals surface area contributed by atoms with Crippen LogP contribution in [0.15, 0.2) is 0 Å². The molecule has 2 fully saturated rings. The number of nitrogens with two attached hydrogens (primary N) is 1. The number of amides is 1. The maximum absolute atomic E-state index is 12.3. The van der Waals surface area contributed by atoms with Crippen LogP contribution in [0.3, 0.4) is 0 Å². The molecule has 2 heterocycles. The van der Waals surface area contributed by atoms with Crippen molar-refractivity contribution >= 4 is 47.9 Å². The van der Waals surface area contributed by atoms with Gasteiger partial charge in [-0.25, -0.2) is 4.79 Å². The maximum Gasteiger partial charge on any atom is 0.405 e. The number of primary amides is 1. The molecular formula is C27H37NO19. The van der Waals surface area contributed by atoms with E-state index in [9.17, 15) is 38.4 Å². The van der Waals surface area contributed by atoms with Crippen LogP contribution >= 0.6 is 0 Å². The Morgan fingerprint density at radius 2 is 0.809 bits per heavy atom. The van der Waals surface area contributed by atoms with Crippen LogP contribution in [0, 0.1) is 0 Å². The first-order chi connectivity index (χ1) is 21.9. The monoisotopic (exact) mass is 679 g/mol. The molecule has 0 aromatic heterocycles. The Bertz CT molecular complexity index is 1200. The highest BCUT2D eigenvalue weighted by molar-refractivity contribution is 5.69. The van der Waals surface area contributed by atoms with E-state index in [2.05, 4.69) is 0 Å². The van der Waals surface area contributed by atoms with Crippen molar-refractivity contribution in [1.82, 2.24) is 0 Å². The van der Waals surface area contributed by atoms with Crippen LogP contribution in [0.1, 0.15) is 48.5 Å². The standard InChI is InChI=1S/C27H37NO19/c1-10(29)37-8-17-19(39-12(3)31)21(41-14(5)33)24(25(44-17)43-16(7)35)46-26-23(42-15(6)34)22(47-27(28)36)20(40-13(4)32)18(45-26)9-38-11(2)30/h17-26H,8-9H2,1-7H3,(H2,28,36). The van der Waals surface area contributed by atoms with Crippen molar-refractivity contribution in [3.05, 3.63) is 0 Å². The molecule has 0 aromatic carbocycles. The third kappa shape index (κ3) is 12.0. The van der Waals surface area contributed by atoms with E-state index in [0.29, 0.717) is 0 Å². The Kier molecular flexibility index (Phi) is 14.3. The third-order valence-electron chi connectivity index (χ3n) is 6.12. The van der Waals surface area contributed by atoms with Crippen molar-refractivity contribution in [3.63, 3.8) is 0 Å². The molecule has 0 bridgehead atoms. The summed E-state index contributed by atoms with van der Waals surface area (Å²) in [4.78, 5) is 96.0. The third-order valence-corrected chi connectivity index (χ3v) is 6.12. The highest BCUT2D eigenvalue weighted by atomic mass is 16.8. The largest absolute Gasteiger partial charge is 0.463 e. The summed E-state index contributed by atoms with van der Waals surface area (Å²) < 4.78 is 59.6. The smallest absolute Gasteiger partial charge is 0.405 e. The molecule has 2 aliphatic rings. The van der Waals surface area contributed by atoms with Gasteiger partial charge in [0.05, 0.1) is 0 Å². The molecule has 264 valence electrons. The van der Waals surface area contributed by atoms with Crippen LogP contribution in [0.4, 0.5) is 4.79 Å². The SMILES string of the molecule is CC(=O)OCC1OC(OC(C)=O)C(OC2OC(COC(C)=O)C(OC(C)=O)C(OC(N)=O)C2OC(C)=O)C(OC(C)=O)C1OC(C)=O. The maximum atomic E-state index is 12.3. The van der Waals surface area contributed by atoms with Crippen LogP contribution < -0.4 is 5.73 Å². The van der Waals surface area contributed by atoms with Gasteiger partial charge in [-0.2, -0.15) is 0 Å². The molecule has 20 nitrogen and oxygen atoms in total. The van der Waals surface area contributed by atoms with Crippen LogP contribution in [-0.4, -0.2) is 123 Å². The van der Waals surface area contributed by atoms with Crippen LogP contribution in [-0.2, 0) is 85.7 Å². The van der Waals surface area contributed by atoms with E-state index in [1.54, 1.807) is 0 Å². The van der Waals surface area contributed by atoms with E-state index in [0.717, 1.165) is 48.5 Å². The lowest BCUT2D eigenvalue weighted by molar-refractivity contribution is -0.363. The fourth-order valence-corrected chi connectivity index (χ4v) is 4.67.